The lowest BCUT2D eigenvalue weighted by atomic mass is 10.2. The Kier molecular flexibility index (Phi) is 4.39. The van der Waals surface area contributed by atoms with Crippen LogP contribution in [-0.2, 0) is 0 Å². The van der Waals surface area contributed by atoms with Gasteiger partial charge < -0.3 is 4.74 Å². The number of aromatic nitrogens is 1. The van der Waals surface area contributed by atoms with Crippen LogP contribution in [0.3, 0.4) is 0 Å². The van der Waals surface area contributed by atoms with Crippen molar-refractivity contribution in [1.82, 2.24) is 4.98 Å². The first-order valence-electron chi connectivity index (χ1n) is 7.16. The van der Waals surface area contributed by atoms with Crippen molar-refractivity contribution in [3.63, 3.8) is 0 Å². The molecule has 116 valence electrons. The lowest BCUT2D eigenvalue weighted by Crippen LogP contribution is -2.12. The van der Waals surface area contributed by atoms with Gasteiger partial charge in [0.25, 0.3) is 5.91 Å². The molecule has 0 saturated heterocycles. The van der Waals surface area contributed by atoms with Crippen molar-refractivity contribution in [2.45, 2.75) is 6.92 Å². The number of carbonyl (C=O) groups is 1. The minimum atomic E-state index is -0.226. The fraction of sp³-hybridized carbons (Fsp3) is 0.111. The number of thiazole rings is 1. The van der Waals surface area contributed by atoms with Gasteiger partial charge in [-0.1, -0.05) is 53.8 Å². The minimum Gasteiger partial charge on any atom is -0.496 e. The molecular formula is C18H16N2O2S. The molecule has 23 heavy (non-hydrogen) atoms. The van der Waals surface area contributed by atoms with Gasteiger partial charge in [-0.05, 0) is 24.6 Å². The second kappa shape index (κ2) is 6.62. The van der Waals surface area contributed by atoms with Crippen molar-refractivity contribution in [3.05, 3.63) is 65.9 Å². The molecular weight excluding hydrogens is 308 g/mol. The number of nitrogens with one attached hydrogen (secondary N) is 1. The summed E-state index contributed by atoms with van der Waals surface area (Å²) in [4.78, 5) is 17.9. The number of hydrogen-bond acceptors (Lipinski definition) is 4. The van der Waals surface area contributed by atoms with Crippen LogP contribution in [0.4, 0.5) is 5.13 Å². The first-order chi connectivity index (χ1) is 11.2. The van der Waals surface area contributed by atoms with Gasteiger partial charge in [0.05, 0.1) is 23.2 Å². The van der Waals surface area contributed by atoms with E-state index in [1.807, 2.05) is 43.3 Å². The number of methoxy groups -OCH3 is 1. The first-order valence-corrected chi connectivity index (χ1v) is 7.98. The van der Waals surface area contributed by atoms with Crippen LogP contribution in [0.25, 0.3) is 10.4 Å². The molecule has 5 heteroatoms. The van der Waals surface area contributed by atoms with E-state index in [9.17, 15) is 4.79 Å². The molecule has 1 amide bonds. The highest BCUT2D eigenvalue weighted by atomic mass is 32.1. The Morgan fingerprint density at radius 3 is 2.52 bits per heavy atom. The quantitative estimate of drug-likeness (QED) is 0.775. The summed E-state index contributed by atoms with van der Waals surface area (Å²) < 4.78 is 5.22. The summed E-state index contributed by atoms with van der Waals surface area (Å²) in [7, 11) is 1.55. The first kappa shape index (κ1) is 15.2. The van der Waals surface area contributed by atoms with Crippen molar-refractivity contribution < 1.29 is 9.53 Å². The Morgan fingerprint density at radius 1 is 1.09 bits per heavy atom. The summed E-state index contributed by atoms with van der Waals surface area (Å²) >= 11 is 1.47. The highest BCUT2D eigenvalue weighted by Crippen LogP contribution is 2.33. The van der Waals surface area contributed by atoms with Crippen molar-refractivity contribution in [2.75, 3.05) is 12.4 Å². The summed E-state index contributed by atoms with van der Waals surface area (Å²) in [6.07, 6.45) is 0. The van der Waals surface area contributed by atoms with Gasteiger partial charge in [0.15, 0.2) is 5.13 Å². The third-order valence-corrected chi connectivity index (χ3v) is 4.53. The van der Waals surface area contributed by atoms with Crippen LogP contribution in [0.2, 0.25) is 0 Å². The molecule has 4 nitrogen and oxygen atoms in total. The van der Waals surface area contributed by atoms with Crippen LogP contribution in [0.15, 0.2) is 54.6 Å². The summed E-state index contributed by atoms with van der Waals surface area (Å²) in [5.74, 6) is 0.317. The third-order valence-electron chi connectivity index (χ3n) is 3.40. The molecule has 0 fully saturated rings. The largest absolute Gasteiger partial charge is 0.496 e. The van der Waals surface area contributed by atoms with E-state index in [4.69, 9.17) is 4.74 Å². The third kappa shape index (κ3) is 3.24. The Labute approximate surface area is 138 Å². The van der Waals surface area contributed by atoms with Crippen molar-refractivity contribution in [2.24, 2.45) is 0 Å². The number of para-hydroxylation sites is 1. The van der Waals surface area contributed by atoms with Crippen LogP contribution >= 0.6 is 11.3 Å². The van der Waals surface area contributed by atoms with Crippen molar-refractivity contribution in [1.29, 1.82) is 0 Å². The maximum atomic E-state index is 12.4. The lowest BCUT2D eigenvalue weighted by molar-refractivity contribution is 0.102. The highest BCUT2D eigenvalue weighted by Gasteiger charge is 2.15. The SMILES string of the molecule is COc1ccccc1C(=O)Nc1nc(C)c(-c2ccccc2)s1. The Bertz CT molecular complexity index is 828. The molecule has 1 aromatic heterocycles. The molecule has 2 aromatic carbocycles. The van der Waals surface area contributed by atoms with Gasteiger partial charge in [0.2, 0.25) is 0 Å². The second-order valence-electron chi connectivity index (χ2n) is 4.95. The summed E-state index contributed by atoms with van der Waals surface area (Å²) in [5, 5.41) is 3.43. The van der Waals surface area contributed by atoms with Gasteiger partial charge in [-0.2, -0.15) is 0 Å². The van der Waals surface area contributed by atoms with Crippen LogP contribution in [0, 0.1) is 6.92 Å². The van der Waals surface area contributed by atoms with E-state index >= 15 is 0 Å². The van der Waals surface area contributed by atoms with E-state index in [1.165, 1.54) is 11.3 Å². The Balaban J connectivity index is 1.85. The van der Waals surface area contributed by atoms with Crippen LogP contribution in [0.1, 0.15) is 16.1 Å². The molecule has 1 heterocycles. The van der Waals surface area contributed by atoms with E-state index in [1.54, 1.807) is 25.3 Å². The fourth-order valence-corrected chi connectivity index (χ4v) is 3.27. The van der Waals surface area contributed by atoms with Gasteiger partial charge in [-0.3, -0.25) is 10.1 Å². The van der Waals surface area contributed by atoms with E-state index in [-0.39, 0.29) is 5.91 Å². The number of benzene rings is 2. The predicted molar refractivity (Wildman–Crippen MR) is 93.2 cm³/mol. The molecule has 0 radical (unpaired) electrons. The van der Waals surface area contributed by atoms with Gasteiger partial charge in [-0.15, -0.1) is 0 Å². The normalized spacial score (nSPS) is 10.3. The molecule has 3 aromatic rings. The summed E-state index contributed by atoms with van der Waals surface area (Å²) in [6.45, 7) is 1.94. The molecule has 0 atom stereocenters. The highest BCUT2D eigenvalue weighted by molar-refractivity contribution is 7.19. The van der Waals surface area contributed by atoms with E-state index in [0.29, 0.717) is 16.4 Å². The average Bonchev–Trinajstić information content (AvgIpc) is 2.95. The standard InChI is InChI=1S/C18H16N2O2S/c1-12-16(13-8-4-3-5-9-13)23-18(19-12)20-17(21)14-10-6-7-11-15(14)22-2/h3-11H,1-2H3,(H,19,20,21). The van der Waals surface area contributed by atoms with Gasteiger partial charge in [0.1, 0.15) is 5.75 Å². The molecule has 0 aliphatic rings. The summed E-state index contributed by atoms with van der Waals surface area (Å²) in [5.41, 5.74) is 2.49. The zero-order chi connectivity index (χ0) is 16.2. The van der Waals surface area contributed by atoms with Crippen molar-refractivity contribution >= 4 is 22.4 Å². The van der Waals surface area contributed by atoms with E-state index in [0.717, 1.165) is 16.1 Å². The number of hydrogen-bond donors (Lipinski definition) is 1. The number of anilines is 1. The molecule has 3 rings (SSSR count). The Morgan fingerprint density at radius 2 is 1.78 bits per heavy atom. The molecule has 0 spiro atoms. The maximum Gasteiger partial charge on any atom is 0.261 e. The van der Waals surface area contributed by atoms with E-state index < -0.39 is 0 Å². The zero-order valence-corrected chi connectivity index (χ0v) is 13.7. The molecule has 1 N–H and O–H groups in total. The monoisotopic (exact) mass is 324 g/mol. The van der Waals surface area contributed by atoms with Crippen LogP contribution in [0.5, 0.6) is 5.75 Å². The zero-order valence-electron chi connectivity index (χ0n) is 12.9. The Hall–Kier alpha value is -2.66. The second-order valence-corrected chi connectivity index (χ2v) is 5.95. The smallest absolute Gasteiger partial charge is 0.261 e. The lowest BCUT2D eigenvalue weighted by Gasteiger charge is -2.06. The predicted octanol–water partition coefficient (Wildman–Crippen LogP) is 4.38. The number of carbonyl (C=O) groups excluding carboxylic acids is 1. The van der Waals surface area contributed by atoms with Crippen LogP contribution in [-0.4, -0.2) is 18.0 Å². The molecule has 0 aliphatic heterocycles. The number of rotatable bonds is 4. The number of aryl methyl sites for hydroxylation is 1. The fourth-order valence-electron chi connectivity index (χ4n) is 2.30. The molecule has 0 bridgehead atoms. The minimum absolute atomic E-state index is 0.226. The van der Waals surface area contributed by atoms with Gasteiger partial charge in [0, 0.05) is 0 Å². The topological polar surface area (TPSA) is 51.2 Å². The number of ether oxygens (including phenoxy) is 1. The van der Waals surface area contributed by atoms with Gasteiger partial charge in [-0.25, -0.2) is 4.98 Å². The average molecular weight is 324 g/mol. The van der Waals surface area contributed by atoms with Gasteiger partial charge >= 0.3 is 0 Å². The number of amides is 1. The molecule has 0 saturated carbocycles. The molecule has 0 unspecified atom stereocenters. The maximum absolute atomic E-state index is 12.4. The van der Waals surface area contributed by atoms with Crippen molar-refractivity contribution in [3.8, 4) is 16.2 Å². The molecule has 0 aliphatic carbocycles. The number of nitrogens with zero attached hydrogens (tertiary/aromatic N) is 1. The van der Waals surface area contributed by atoms with Crippen LogP contribution < -0.4 is 10.1 Å². The van der Waals surface area contributed by atoms with E-state index in [2.05, 4.69) is 10.3 Å². The summed E-state index contributed by atoms with van der Waals surface area (Å²) in [6, 6.07) is 17.1.